The molecule has 0 spiro atoms. The minimum absolute atomic E-state index is 1.25. The summed E-state index contributed by atoms with van der Waals surface area (Å²) in [6.45, 7) is 2.15. The van der Waals surface area contributed by atoms with Gasteiger partial charge in [-0.05, 0) is 6.92 Å². The van der Waals surface area contributed by atoms with Crippen LogP contribution in [-0.2, 0) is 6.42 Å². The quantitative estimate of drug-likeness (QED) is 0.457. The van der Waals surface area contributed by atoms with E-state index in [1.54, 1.807) is 0 Å². The molecule has 1 aromatic rings. The van der Waals surface area contributed by atoms with Crippen molar-refractivity contribution in [3.8, 4) is 0 Å². The molecule has 0 saturated heterocycles. The summed E-state index contributed by atoms with van der Waals surface area (Å²) < 4.78 is 0. The van der Waals surface area contributed by atoms with Crippen LogP contribution in [0.3, 0.4) is 0 Å². The van der Waals surface area contributed by atoms with Crippen molar-refractivity contribution >= 4 is 16.3 Å². The fourth-order valence-electron chi connectivity index (χ4n) is 1.94. The molecule has 0 heterocycles. The van der Waals surface area contributed by atoms with Crippen LogP contribution in [0.1, 0.15) is 49.7 Å². The van der Waals surface area contributed by atoms with E-state index in [-0.39, 0.29) is 0 Å². The van der Waals surface area contributed by atoms with Crippen LogP contribution in [-0.4, -0.2) is 16.3 Å². The standard InChI is InChI=1S/C15H23.Al/c1-3-4-5-6-7-8-9-15-12-10-14(2)11-13-15;/h10-13H,1,3-9H2,2H3;/q;+2. The summed E-state index contributed by atoms with van der Waals surface area (Å²) in [6.07, 6.45) is 9.62. The topological polar surface area (TPSA) is 0 Å². The van der Waals surface area contributed by atoms with Crippen LogP contribution in [0.4, 0.5) is 0 Å². The van der Waals surface area contributed by atoms with Gasteiger partial charge >= 0.3 is 102 Å². The van der Waals surface area contributed by atoms with Crippen molar-refractivity contribution in [2.75, 3.05) is 0 Å². The molecule has 0 radical (unpaired) electrons. The number of unbranched alkanes of at least 4 members (excludes halogenated alkanes) is 5. The fourth-order valence-corrected chi connectivity index (χ4v) is 2.22. The Labute approximate surface area is 109 Å². The molecule has 0 fully saturated rings. The summed E-state index contributed by atoms with van der Waals surface area (Å²) >= 11 is 2.81. The van der Waals surface area contributed by atoms with Crippen molar-refractivity contribution in [2.45, 2.75) is 57.2 Å². The molecule has 0 bridgehead atoms. The summed E-state index contributed by atoms with van der Waals surface area (Å²) in [5.41, 5.74) is 2.86. The van der Waals surface area contributed by atoms with Crippen molar-refractivity contribution in [1.29, 1.82) is 0 Å². The first-order valence-corrected chi connectivity index (χ1v) is 7.40. The summed E-state index contributed by atoms with van der Waals surface area (Å²) in [5.74, 6) is 0. The molecule has 0 nitrogen and oxygen atoms in total. The van der Waals surface area contributed by atoms with Crippen LogP contribution < -0.4 is 0 Å². The maximum atomic E-state index is 2.81. The van der Waals surface area contributed by atoms with E-state index < -0.39 is 0 Å². The molecular weight excluding hydrogens is 207 g/mol. The van der Waals surface area contributed by atoms with Crippen LogP contribution in [0.5, 0.6) is 0 Å². The molecular formula is C15H23Al+2. The second-order valence-corrected chi connectivity index (χ2v) is 5.22. The Morgan fingerprint density at radius 1 is 0.812 bits per heavy atom. The molecule has 0 N–H and O–H groups in total. The molecule has 0 aliphatic heterocycles. The average molecular weight is 230 g/mol. The third-order valence-corrected chi connectivity index (χ3v) is 3.45. The number of benzene rings is 1. The monoisotopic (exact) mass is 230 g/mol. The second kappa shape index (κ2) is 8.85. The Morgan fingerprint density at radius 2 is 1.38 bits per heavy atom. The molecule has 0 atom stereocenters. The number of rotatable bonds is 8. The van der Waals surface area contributed by atoms with Crippen molar-refractivity contribution in [1.82, 2.24) is 0 Å². The van der Waals surface area contributed by atoms with Gasteiger partial charge in [-0.2, -0.15) is 0 Å². The molecule has 1 rings (SSSR count). The number of hydrogen-bond acceptors (Lipinski definition) is 0. The zero-order chi connectivity index (χ0) is 11.6. The van der Waals surface area contributed by atoms with E-state index in [1.807, 2.05) is 0 Å². The molecule has 0 aromatic heterocycles. The Kier molecular flexibility index (Phi) is 7.64. The summed E-state index contributed by atoms with van der Waals surface area (Å²) in [6, 6.07) is 8.97. The molecule has 0 saturated carbocycles. The van der Waals surface area contributed by atoms with Gasteiger partial charge in [-0.1, -0.05) is 0 Å². The SMILES string of the molecule is Cc1ccc(CCCCCCC[CH2][Al+2])cc1. The fraction of sp³-hybridized carbons (Fsp3) is 0.600. The zero-order valence-electron chi connectivity index (χ0n) is 10.5. The van der Waals surface area contributed by atoms with Crippen molar-refractivity contribution in [2.24, 2.45) is 0 Å². The summed E-state index contributed by atoms with van der Waals surface area (Å²) in [5, 5.41) is 1.27. The van der Waals surface area contributed by atoms with Crippen LogP contribution in [0.25, 0.3) is 0 Å². The average Bonchev–Trinajstić information content (AvgIpc) is 2.30. The minimum atomic E-state index is 1.25. The summed E-state index contributed by atoms with van der Waals surface area (Å²) in [4.78, 5) is 0. The zero-order valence-corrected chi connectivity index (χ0v) is 11.7. The first kappa shape index (κ1) is 13.8. The van der Waals surface area contributed by atoms with Crippen LogP contribution in [0, 0.1) is 6.92 Å². The van der Waals surface area contributed by atoms with Gasteiger partial charge in [0.1, 0.15) is 0 Å². The van der Waals surface area contributed by atoms with Gasteiger partial charge in [-0.25, -0.2) is 0 Å². The summed E-state index contributed by atoms with van der Waals surface area (Å²) in [7, 11) is 0. The normalized spacial score (nSPS) is 10.7. The first-order chi connectivity index (χ1) is 7.83. The first-order valence-electron chi connectivity index (χ1n) is 6.58. The van der Waals surface area contributed by atoms with Gasteiger partial charge in [-0.3, -0.25) is 0 Å². The maximum absolute atomic E-state index is 2.81. The van der Waals surface area contributed by atoms with E-state index in [2.05, 4.69) is 47.5 Å². The van der Waals surface area contributed by atoms with Gasteiger partial charge in [0.15, 0.2) is 0 Å². The Bertz CT molecular complexity index is 263. The van der Waals surface area contributed by atoms with E-state index in [0.717, 1.165) is 0 Å². The van der Waals surface area contributed by atoms with Crippen LogP contribution in [0.15, 0.2) is 24.3 Å². The predicted octanol–water partition coefficient (Wildman–Crippen LogP) is 4.46. The van der Waals surface area contributed by atoms with Gasteiger partial charge in [0.2, 0.25) is 0 Å². The van der Waals surface area contributed by atoms with Gasteiger partial charge in [0.25, 0.3) is 0 Å². The third-order valence-electron chi connectivity index (χ3n) is 3.04. The van der Waals surface area contributed by atoms with E-state index in [0.29, 0.717) is 0 Å². The van der Waals surface area contributed by atoms with Crippen molar-refractivity contribution < 1.29 is 0 Å². The molecule has 0 unspecified atom stereocenters. The van der Waals surface area contributed by atoms with E-state index in [4.69, 9.17) is 0 Å². The molecule has 84 valence electrons. The van der Waals surface area contributed by atoms with Crippen LogP contribution >= 0.6 is 0 Å². The van der Waals surface area contributed by atoms with Crippen LogP contribution in [0.2, 0.25) is 5.28 Å². The Balaban J connectivity index is 2.01. The van der Waals surface area contributed by atoms with E-state index in [1.165, 1.54) is 61.4 Å². The third kappa shape index (κ3) is 6.36. The van der Waals surface area contributed by atoms with E-state index in [9.17, 15) is 0 Å². The Hall–Kier alpha value is -0.248. The molecule has 0 aliphatic carbocycles. The molecule has 0 amide bonds. The van der Waals surface area contributed by atoms with Crippen molar-refractivity contribution in [3.63, 3.8) is 0 Å². The molecule has 1 aromatic carbocycles. The molecule has 1 heteroatoms. The van der Waals surface area contributed by atoms with Crippen molar-refractivity contribution in [3.05, 3.63) is 35.4 Å². The van der Waals surface area contributed by atoms with Gasteiger partial charge in [0.05, 0.1) is 0 Å². The predicted molar refractivity (Wildman–Crippen MR) is 73.1 cm³/mol. The van der Waals surface area contributed by atoms with Gasteiger partial charge in [0, 0.05) is 0 Å². The van der Waals surface area contributed by atoms with E-state index >= 15 is 0 Å². The van der Waals surface area contributed by atoms with Gasteiger partial charge in [-0.15, -0.1) is 0 Å². The second-order valence-electron chi connectivity index (χ2n) is 4.65. The molecule has 16 heavy (non-hydrogen) atoms. The van der Waals surface area contributed by atoms with Gasteiger partial charge < -0.3 is 0 Å². The number of aryl methyl sites for hydroxylation is 2. The molecule has 0 aliphatic rings. The Morgan fingerprint density at radius 3 is 2.00 bits per heavy atom. The number of hydrogen-bond donors (Lipinski definition) is 0.